The van der Waals surface area contributed by atoms with Crippen molar-refractivity contribution in [3.05, 3.63) is 0 Å². The lowest BCUT2D eigenvalue weighted by molar-refractivity contribution is -0.145. The van der Waals surface area contributed by atoms with Gasteiger partial charge in [-0.25, -0.2) is 0 Å². The Bertz CT molecular complexity index is 280. The summed E-state index contributed by atoms with van der Waals surface area (Å²) in [5.74, 6) is -1.90. The van der Waals surface area contributed by atoms with Crippen LogP contribution in [-0.4, -0.2) is 29.9 Å². The van der Waals surface area contributed by atoms with Crippen LogP contribution in [-0.2, 0) is 23.9 Å². The molecule has 0 aromatic heterocycles. The first-order valence-electron chi connectivity index (χ1n) is 4.64. The van der Waals surface area contributed by atoms with E-state index in [9.17, 15) is 19.2 Å². The molecule has 15 heavy (non-hydrogen) atoms. The molecule has 0 aliphatic rings. The standard InChI is InChI=1S/C10H14O5/c1-3-15-10(14)6-9(13)5-8(12)4-7(2)11/h3-6H2,1-2H3. The van der Waals surface area contributed by atoms with E-state index in [0.29, 0.717) is 0 Å². The van der Waals surface area contributed by atoms with Crippen LogP contribution in [0.3, 0.4) is 0 Å². The fourth-order valence-corrected chi connectivity index (χ4v) is 0.996. The second-order valence-electron chi connectivity index (χ2n) is 3.11. The van der Waals surface area contributed by atoms with Gasteiger partial charge in [-0.2, -0.15) is 0 Å². The van der Waals surface area contributed by atoms with Gasteiger partial charge in [-0.3, -0.25) is 19.2 Å². The number of esters is 1. The Hall–Kier alpha value is -1.52. The largest absolute Gasteiger partial charge is 0.466 e. The maximum atomic E-state index is 11.1. The summed E-state index contributed by atoms with van der Waals surface area (Å²) in [6, 6.07) is 0. The number of hydrogen-bond donors (Lipinski definition) is 0. The summed E-state index contributed by atoms with van der Waals surface area (Å²) in [5, 5.41) is 0. The average Bonchev–Trinajstić information content (AvgIpc) is 2.00. The van der Waals surface area contributed by atoms with Gasteiger partial charge < -0.3 is 4.74 Å². The van der Waals surface area contributed by atoms with Gasteiger partial charge in [0.25, 0.3) is 0 Å². The summed E-state index contributed by atoms with van der Waals surface area (Å²) in [7, 11) is 0. The van der Waals surface area contributed by atoms with E-state index in [1.807, 2.05) is 0 Å². The zero-order valence-electron chi connectivity index (χ0n) is 8.87. The highest BCUT2D eigenvalue weighted by Crippen LogP contribution is 1.98. The van der Waals surface area contributed by atoms with Crippen LogP contribution >= 0.6 is 0 Å². The minimum atomic E-state index is -0.641. The van der Waals surface area contributed by atoms with Gasteiger partial charge in [-0.1, -0.05) is 0 Å². The number of ketones is 3. The molecule has 0 atom stereocenters. The van der Waals surface area contributed by atoms with E-state index < -0.39 is 24.0 Å². The second-order valence-corrected chi connectivity index (χ2v) is 3.11. The lowest BCUT2D eigenvalue weighted by Crippen LogP contribution is -2.15. The minimum absolute atomic E-state index is 0.202. The Kier molecular flexibility index (Phi) is 6.17. The molecule has 0 aliphatic carbocycles. The molecule has 0 unspecified atom stereocenters. The Morgan fingerprint density at radius 2 is 1.47 bits per heavy atom. The summed E-state index contributed by atoms with van der Waals surface area (Å²) >= 11 is 0. The van der Waals surface area contributed by atoms with Crippen LogP contribution in [0.5, 0.6) is 0 Å². The van der Waals surface area contributed by atoms with Gasteiger partial charge >= 0.3 is 5.97 Å². The van der Waals surface area contributed by atoms with Crippen molar-refractivity contribution in [2.45, 2.75) is 33.1 Å². The molecule has 0 saturated carbocycles. The molecule has 0 rings (SSSR count). The van der Waals surface area contributed by atoms with Gasteiger partial charge in [0.15, 0.2) is 5.78 Å². The fourth-order valence-electron chi connectivity index (χ4n) is 0.996. The first kappa shape index (κ1) is 13.5. The predicted molar refractivity (Wildman–Crippen MR) is 51.2 cm³/mol. The third-order valence-electron chi connectivity index (χ3n) is 1.49. The molecule has 0 heterocycles. The molecule has 0 radical (unpaired) electrons. The number of rotatable bonds is 7. The normalized spacial score (nSPS) is 9.47. The lowest BCUT2D eigenvalue weighted by Gasteiger charge is -2.00. The highest BCUT2D eigenvalue weighted by molar-refractivity contribution is 6.10. The van der Waals surface area contributed by atoms with E-state index in [1.54, 1.807) is 6.92 Å². The Balaban J connectivity index is 3.88. The van der Waals surface area contributed by atoms with E-state index in [0.717, 1.165) is 0 Å². The first-order valence-corrected chi connectivity index (χ1v) is 4.64. The zero-order chi connectivity index (χ0) is 11.8. The molecular formula is C10H14O5. The molecule has 5 nitrogen and oxygen atoms in total. The van der Waals surface area contributed by atoms with E-state index in [4.69, 9.17) is 0 Å². The van der Waals surface area contributed by atoms with Crippen LogP contribution in [0.15, 0.2) is 0 Å². The third kappa shape index (κ3) is 7.54. The van der Waals surface area contributed by atoms with Crippen molar-refractivity contribution < 1.29 is 23.9 Å². The van der Waals surface area contributed by atoms with Crippen molar-refractivity contribution in [3.8, 4) is 0 Å². The van der Waals surface area contributed by atoms with Crippen LogP contribution in [0, 0.1) is 0 Å². The van der Waals surface area contributed by atoms with Crippen LogP contribution in [0.1, 0.15) is 33.1 Å². The highest BCUT2D eigenvalue weighted by atomic mass is 16.5. The van der Waals surface area contributed by atoms with Crippen molar-refractivity contribution in [3.63, 3.8) is 0 Å². The molecule has 0 amide bonds. The highest BCUT2D eigenvalue weighted by Gasteiger charge is 2.15. The summed E-state index contributed by atoms with van der Waals surface area (Å²) in [6.07, 6.45) is -1.04. The molecule has 5 heteroatoms. The molecule has 0 spiro atoms. The van der Waals surface area contributed by atoms with E-state index in [2.05, 4.69) is 4.74 Å². The second kappa shape index (κ2) is 6.86. The van der Waals surface area contributed by atoms with E-state index in [1.165, 1.54) is 6.92 Å². The lowest BCUT2D eigenvalue weighted by atomic mass is 10.1. The summed E-state index contributed by atoms with van der Waals surface area (Å²) < 4.78 is 4.54. The van der Waals surface area contributed by atoms with Crippen LogP contribution in [0.25, 0.3) is 0 Å². The fraction of sp³-hybridized carbons (Fsp3) is 0.600. The number of hydrogen-bond acceptors (Lipinski definition) is 5. The van der Waals surface area contributed by atoms with Crippen molar-refractivity contribution in [1.29, 1.82) is 0 Å². The molecule has 0 bridgehead atoms. The van der Waals surface area contributed by atoms with Crippen LogP contribution in [0.4, 0.5) is 0 Å². The molecule has 0 fully saturated rings. The maximum Gasteiger partial charge on any atom is 0.313 e. The zero-order valence-corrected chi connectivity index (χ0v) is 8.87. The van der Waals surface area contributed by atoms with Gasteiger partial charge in [0.1, 0.15) is 18.0 Å². The molecular weight excluding hydrogens is 200 g/mol. The van der Waals surface area contributed by atoms with Crippen LogP contribution < -0.4 is 0 Å². The number of carbonyl (C=O) groups is 4. The Labute approximate surface area is 87.8 Å². The van der Waals surface area contributed by atoms with Gasteiger partial charge in [0.2, 0.25) is 0 Å². The van der Waals surface area contributed by atoms with E-state index >= 15 is 0 Å². The first-order chi connectivity index (χ1) is 6.95. The molecule has 0 aromatic rings. The van der Waals surface area contributed by atoms with Gasteiger partial charge in [0, 0.05) is 0 Å². The van der Waals surface area contributed by atoms with Gasteiger partial charge in [-0.05, 0) is 13.8 Å². The smallest absolute Gasteiger partial charge is 0.313 e. The van der Waals surface area contributed by atoms with Crippen LogP contribution in [0.2, 0.25) is 0 Å². The maximum absolute atomic E-state index is 11.1. The van der Waals surface area contributed by atoms with Crippen molar-refractivity contribution in [1.82, 2.24) is 0 Å². The quantitative estimate of drug-likeness (QED) is 0.454. The number of ether oxygens (including phenoxy) is 1. The minimum Gasteiger partial charge on any atom is -0.466 e. The third-order valence-corrected chi connectivity index (χ3v) is 1.49. The van der Waals surface area contributed by atoms with Crippen molar-refractivity contribution in [2.24, 2.45) is 0 Å². The van der Waals surface area contributed by atoms with Crippen molar-refractivity contribution in [2.75, 3.05) is 6.61 Å². The predicted octanol–water partition coefficient (Wildman–Crippen LogP) is 0.447. The molecule has 0 aromatic carbocycles. The van der Waals surface area contributed by atoms with Crippen molar-refractivity contribution >= 4 is 23.3 Å². The Morgan fingerprint density at radius 3 is 1.93 bits per heavy atom. The molecule has 0 aliphatic heterocycles. The summed E-state index contributed by atoms with van der Waals surface area (Å²) in [6.45, 7) is 3.10. The molecule has 84 valence electrons. The average molecular weight is 214 g/mol. The number of carbonyl (C=O) groups excluding carboxylic acids is 4. The summed E-state index contributed by atoms with van der Waals surface area (Å²) in [4.78, 5) is 43.5. The topological polar surface area (TPSA) is 77.5 Å². The van der Waals surface area contributed by atoms with Gasteiger partial charge in [-0.15, -0.1) is 0 Å². The Morgan fingerprint density at radius 1 is 0.933 bits per heavy atom. The summed E-state index contributed by atoms with van der Waals surface area (Å²) in [5.41, 5.74) is 0. The van der Waals surface area contributed by atoms with Gasteiger partial charge in [0.05, 0.1) is 19.4 Å². The van der Waals surface area contributed by atoms with E-state index in [-0.39, 0.29) is 25.2 Å². The number of Topliss-reactive ketones (excluding diaryl/α,β-unsaturated/α-hetero) is 3. The SMILES string of the molecule is CCOC(=O)CC(=O)CC(=O)CC(C)=O. The molecule has 0 N–H and O–H groups in total. The molecule has 0 saturated heterocycles. The monoisotopic (exact) mass is 214 g/mol.